The minimum absolute atomic E-state index is 0.00129. The van der Waals surface area contributed by atoms with Crippen LogP contribution in [0.25, 0.3) is 0 Å². The zero-order valence-corrected chi connectivity index (χ0v) is 24.4. The van der Waals surface area contributed by atoms with E-state index in [-0.39, 0.29) is 23.8 Å². The second-order valence-electron chi connectivity index (χ2n) is 11.8. The largest absolute Gasteiger partial charge is 0.372 e. The second-order valence-corrected chi connectivity index (χ2v) is 11.8. The summed E-state index contributed by atoms with van der Waals surface area (Å²) in [5, 5.41) is 9.90. The highest BCUT2D eigenvalue weighted by molar-refractivity contribution is 6.04. The van der Waals surface area contributed by atoms with Gasteiger partial charge in [-0.3, -0.25) is 14.6 Å². The first-order chi connectivity index (χ1) is 19.2. The van der Waals surface area contributed by atoms with Crippen LogP contribution in [0, 0.1) is 5.92 Å². The van der Waals surface area contributed by atoms with Crippen LogP contribution >= 0.6 is 0 Å². The van der Waals surface area contributed by atoms with Gasteiger partial charge in [-0.25, -0.2) is 0 Å². The van der Waals surface area contributed by atoms with Crippen molar-refractivity contribution in [3.8, 4) is 0 Å². The minimum atomic E-state index is -0.460. The number of amides is 2. The van der Waals surface area contributed by atoms with Crippen LogP contribution < -0.4 is 20.9 Å². The van der Waals surface area contributed by atoms with Crippen LogP contribution in [-0.4, -0.2) is 93.3 Å². The van der Waals surface area contributed by atoms with E-state index in [1.807, 2.05) is 57.1 Å². The maximum Gasteiger partial charge on any atom is 0.253 e. The molecule has 2 unspecified atom stereocenters. The Labute approximate surface area is 238 Å². The Hall–Kier alpha value is -3.43. The number of carbonyl (C=O) groups is 2. The maximum atomic E-state index is 13.5. The van der Waals surface area contributed by atoms with Crippen molar-refractivity contribution in [1.29, 1.82) is 0 Å². The molecule has 5 rings (SSSR count). The van der Waals surface area contributed by atoms with Crippen molar-refractivity contribution in [1.82, 2.24) is 15.1 Å². The second kappa shape index (κ2) is 12.0. The van der Waals surface area contributed by atoms with E-state index in [4.69, 9.17) is 4.99 Å². The van der Waals surface area contributed by atoms with Gasteiger partial charge < -0.3 is 30.7 Å². The molecule has 3 aliphatic heterocycles. The third kappa shape index (κ3) is 6.00. The van der Waals surface area contributed by atoms with Gasteiger partial charge in [0.05, 0.1) is 11.4 Å². The van der Waals surface area contributed by atoms with Gasteiger partial charge in [-0.2, -0.15) is 0 Å². The Bertz CT molecular complexity index is 1270. The maximum absolute atomic E-state index is 13.5. The molecule has 0 spiro atoms. The first-order valence-corrected chi connectivity index (χ1v) is 14.5. The first-order valence-electron chi connectivity index (χ1n) is 14.5. The molecule has 2 saturated heterocycles. The number of hydrogen-bond donors (Lipinski definition) is 3. The van der Waals surface area contributed by atoms with E-state index in [9.17, 15) is 9.59 Å². The lowest BCUT2D eigenvalue weighted by molar-refractivity contribution is -0.117. The summed E-state index contributed by atoms with van der Waals surface area (Å²) in [6.07, 6.45) is 4.84. The summed E-state index contributed by atoms with van der Waals surface area (Å²) in [5.74, 6) is -0.0543. The molecule has 2 atom stereocenters. The van der Waals surface area contributed by atoms with Crippen LogP contribution in [0.1, 0.15) is 49.0 Å². The molecule has 3 aliphatic rings. The van der Waals surface area contributed by atoms with Crippen LogP contribution in [0.3, 0.4) is 0 Å². The van der Waals surface area contributed by atoms with E-state index in [0.29, 0.717) is 17.3 Å². The number of likely N-dealkylation sites (N-methyl/N-ethyl adjacent to an activating group) is 1. The quantitative estimate of drug-likeness (QED) is 0.530. The molecule has 0 aliphatic carbocycles. The van der Waals surface area contributed by atoms with Crippen LogP contribution in [0.2, 0.25) is 0 Å². The van der Waals surface area contributed by atoms with Gasteiger partial charge in [0.25, 0.3) is 5.91 Å². The molecular formula is C31H43N7O2. The molecule has 0 saturated carbocycles. The number of hydrogen-bond acceptors (Lipinski definition) is 7. The van der Waals surface area contributed by atoms with Crippen molar-refractivity contribution in [2.45, 2.75) is 51.2 Å². The van der Waals surface area contributed by atoms with E-state index in [0.717, 1.165) is 68.1 Å². The molecule has 214 valence electrons. The smallest absolute Gasteiger partial charge is 0.253 e. The van der Waals surface area contributed by atoms with Crippen LogP contribution in [0.4, 0.5) is 22.7 Å². The lowest BCUT2D eigenvalue weighted by Gasteiger charge is -2.35. The summed E-state index contributed by atoms with van der Waals surface area (Å²) in [4.78, 5) is 38.4. The lowest BCUT2D eigenvalue weighted by Crippen LogP contribution is -2.44. The topological polar surface area (TPSA) is 92.3 Å². The fourth-order valence-corrected chi connectivity index (χ4v) is 5.90. The summed E-state index contributed by atoms with van der Waals surface area (Å²) in [7, 11) is 6.03. The van der Waals surface area contributed by atoms with Gasteiger partial charge in [0.1, 0.15) is 6.04 Å². The van der Waals surface area contributed by atoms with Crippen molar-refractivity contribution in [3.63, 3.8) is 0 Å². The highest BCUT2D eigenvalue weighted by Crippen LogP contribution is 2.32. The molecule has 9 heteroatoms. The number of nitrogens with one attached hydrogen (secondary N) is 3. The number of nitrogens with zero attached hydrogens (tertiary/aromatic N) is 4. The number of aliphatic imine (C=N–C) groups is 1. The number of benzene rings is 2. The molecule has 9 nitrogen and oxygen atoms in total. The standard InChI is InChI=1S/C31H43N7O2/c1-20(2)29-30(39)35-26-9-7-25(38-15-10-23(19-38)32-3)16-22(26)18-33-28-17-21(6-8-27(28)34-29)31(40)37(5)24-11-13-36(4)14-12-24/h6-9,16-18,20,23-24,29,32,34H,10-15,19H2,1-5H3,(H,35,39). The van der Waals surface area contributed by atoms with Gasteiger partial charge in [-0.05, 0) is 88.8 Å². The number of rotatable bonds is 5. The van der Waals surface area contributed by atoms with Gasteiger partial charge in [-0.15, -0.1) is 0 Å². The van der Waals surface area contributed by atoms with Crippen molar-refractivity contribution in [2.75, 3.05) is 62.9 Å². The molecule has 3 heterocycles. The summed E-state index contributed by atoms with van der Waals surface area (Å²) in [6.45, 7) is 7.96. The van der Waals surface area contributed by atoms with E-state index in [1.54, 1.807) is 6.21 Å². The monoisotopic (exact) mass is 545 g/mol. The van der Waals surface area contributed by atoms with Crippen molar-refractivity contribution in [3.05, 3.63) is 47.5 Å². The van der Waals surface area contributed by atoms with Gasteiger partial charge >= 0.3 is 0 Å². The predicted octanol–water partition coefficient (Wildman–Crippen LogP) is 3.79. The molecule has 3 N–H and O–H groups in total. The fraction of sp³-hybridized carbons (Fsp3) is 0.516. The van der Waals surface area contributed by atoms with Gasteiger partial charge in [0.15, 0.2) is 0 Å². The Morgan fingerprint density at radius 2 is 1.82 bits per heavy atom. The molecule has 0 aromatic heterocycles. The third-order valence-corrected chi connectivity index (χ3v) is 8.66. The highest BCUT2D eigenvalue weighted by Gasteiger charge is 2.28. The normalized spacial score (nSPS) is 21.9. The molecule has 2 fully saturated rings. The average Bonchev–Trinajstić information content (AvgIpc) is 3.44. The number of fused-ring (bicyclic) bond motifs is 2. The lowest BCUT2D eigenvalue weighted by atomic mass is 10.0. The molecule has 0 radical (unpaired) electrons. The number of anilines is 3. The Morgan fingerprint density at radius 1 is 1.07 bits per heavy atom. The number of piperidine rings is 1. The molecular weight excluding hydrogens is 502 g/mol. The van der Waals surface area contributed by atoms with Crippen LogP contribution in [0.5, 0.6) is 0 Å². The summed E-state index contributed by atoms with van der Waals surface area (Å²) in [6, 6.07) is 11.9. The number of carbonyl (C=O) groups excluding carboxylic acids is 2. The van der Waals surface area contributed by atoms with Crippen LogP contribution in [-0.2, 0) is 4.79 Å². The van der Waals surface area contributed by atoms with Crippen LogP contribution in [0.15, 0.2) is 41.4 Å². The molecule has 0 bridgehead atoms. The Balaban J connectivity index is 1.49. The van der Waals surface area contributed by atoms with E-state index in [2.05, 4.69) is 44.9 Å². The fourth-order valence-electron chi connectivity index (χ4n) is 5.90. The van der Waals surface area contributed by atoms with Crippen molar-refractivity contribution in [2.24, 2.45) is 10.9 Å². The zero-order valence-electron chi connectivity index (χ0n) is 24.4. The third-order valence-electron chi connectivity index (χ3n) is 8.66. The first kappa shape index (κ1) is 28.1. The van der Waals surface area contributed by atoms with E-state index < -0.39 is 6.04 Å². The van der Waals surface area contributed by atoms with Gasteiger partial charge in [0, 0.05) is 60.9 Å². The zero-order chi connectivity index (χ0) is 28.4. The number of likely N-dealkylation sites (tertiary alicyclic amines) is 1. The van der Waals surface area contributed by atoms with E-state index in [1.165, 1.54) is 0 Å². The molecule has 2 aromatic carbocycles. The summed E-state index contributed by atoms with van der Waals surface area (Å²) in [5.41, 5.74) is 4.67. The molecule has 2 aromatic rings. The van der Waals surface area contributed by atoms with Gasteiger partial charge in [0.2, 0.25) is 5.91 Å². The summed E-state index contributed by atoms with van der Waals surface area (Å²) >= 11 is 0. The predicted molar refractivity (Wildman–Crippen MR) is 163 cm³/mol. The highest BCUT2D eigenvalue weighted by atomic mass is 16.2. The van der Waals surface area contributed by atoms with E-state index >= 15 is 0 Å². The average molecular weight is 546 g/mol. The summed E-state index contributed by atoms with van der Waals surface area (Å²) < 4.78 is 0. The SMILES string of the molecule is CNC1CCN(c2ccc3c(c2)C=Nc2cc(C(=O)N(C)C4CCN(C)CC4)ccc2NC(C(C)C)C(=O)N3)C1. The van der Waals surface area contributed by atoms with Crippen molar-refractivity contribution < 1.29 is 9.59 Å². The Morgan fingerprint density at radius 3 is 2.52 bits per heavy atom. The molecule has 2 amide bonds. The Kier molecular flexibility index (Phi) is 8.42. The minimum Gasteiger partial charge on any atom is -0.372 e. The molecule has 40 heavy (non-hydrogen) atoms. The van der Waals surface area contributed by atoms with Crippen molar-refractivity contribution >= 4 is 40.8 Å². The van der Waals surface area contributed by atoms with Gasteiger partial charge in [-0.1, -0.05) is 13.8 Å².